The normalized spacial score (nSPS) is 16.4. The van der Waals surface area contributed by atoms with Gasteiger partial charge in [0.2, 0.25) is 0 Å². The molecule has 0 atom stereocenters. The summed E-state index contributed by atoms with van der Waals surface area (Å²) in [6.45, 7) is 0. The van der Waals surface area contributed by atoms with E-state index in [2.05, 4.69) is 0 Å². The van der Waals surface area contributed by atoms with Crippen molar-refractivity contribution in [2.75, 3.05) is 0 Å². The van der Waals surface area contributed by atoms with Gasteiger partial charge in [0.15, 0.2) is 0 Å². The fourth-order valence-corrected chi connectivity index (χ4v) is 1.50. The summed E-state index contributed by atoms with van der Waals surface area (Å²) < 4.78 is 249. The Labute approximate surface area is 173 Å². The predicted molar refractivity (Wildman–Crippen MR) is 47.9 cm³/mol. The zero-order valence-electron chi connectivity index (χ0n) is 14.1. The molecular weight excluding hydrogens is 511 g/mol. The molecule has 0 aliphatic carbocycles. The molecule has 178 valence electrons. The van der Waals surface area contributed by atoms with Gasteiger partial charge in [0.05, 0.1) is 0 Å². The van der Waals surface area contributed by atoms with Crippen molar-refractivity contribution < 1.29 is 119 Å². The second-order valence-electron chi connectivity index (χ2n) is 5.02. The van der Waals surface area contributed by atoms with E-state index in [1.165, 1.54) is 0 Å². The van der Waals surface area contributed by atoms with Crippen molar-refractivity contribution in [2.24, 2.45) is 0 Å². The second-order valence-corrected chi connectivity index (χ2v) is 5.02. The Balaban J connectivity index is -0.00000392. The molecule has 0 spiro atoms. The van der Waals surface area contributed by atoms with Crippen molar-refractivity contribution >= 4 is 0 Å². The van der Waals surface area contributed by atoms with Crippen LogP contribution in [0.3, 0.4) is 0 Å². The van der Waals surface area contributed by atoms with Gasteiger partial charge in [-0.1, -0.05) is 0 Å². The number of hydrogen-bond acceptors (Lipinski definition) is 0. The molecule has 0 aliphatic rings. The molecule has 0 N–H and O–H groups in total. The topological polar surface area (TPSA) is 0 Å². The molecule has 0 saturated heterocycles. The summed E-state index contributed by atoms with van der Waals surface area (Å²) in [6.07, 6.45) is -24.6. The van der Waals surface area contributed by atoms with E-state index in [1.54, 1.807) is 0 Å². The van der Waals surface area contributed by atoms with Crippen LogP contribution < -0.4 is 29.6 Å². The predicted octanol–water partition coefficient (Wildman–Crippen LogP) is 3.67. The Morgan fingerprint density at radius 3 is 0.667 bits per heavy atom. The van der Waals surface area contributed by atoms with Crippen molar-refractivity contribution in [2.45, 2.75) is 53.8 Å². The minimum absolute atomic E-state index is 0. The molecule has 0 aliphatic heterocycles. The molecule has 0 aromatic heterocycles. The quantitative estimate of drug-likeness (QED) is 0.390. The Kier molecular flexibility index (Phi) is 8.03. The van der Waals surface area contributed by atoms with Gasteiger partial charge in [-0.3, -0.25) is 0 Å². The summed E-state index contributed by atoms with van der Waals surface area (Å²) in [4.78, 5) is 0. The van der Waals surface area contributed by atoms with Crippen molar-refractivity contribution in [3.63, 3.8) is 0 Å². The van der Waals surface area contributed by atoms with E-state index in [-0.39, 0.29) is 31.0 Å². The Morgan fingerprint density at radius 2 is 0.467 bits per heavy atom. The average Bonchev–Trinajstić information content (AvgIpc) is 2.41. The maximum Gasteiger partial charge on any atom is 1.00 e. The van der Waals surface area contributed by atoms with E-state index in [1.807, 2.05) is 0 Å². The van der Waals surface area contributed by atoms with Gasteiger partial charge in [-0.2, -0.15) is 83.4 Å². The molecule has 21 heteroatoms. The van der Waals surface area contributed by atoms with Crippen LogP contribution in [-0.2, 0) is 0 Å². The van der Waals surface area contributed by atoms with Crippen molar-refractivity contribution in [3.05, 3.63) is 0 Å². The van der Waals surface area contributed by atoms with Crippen molar-refractivity contribution in [1.29, 1.82) is 0 Å². The van der Waals surface area contributed by atoms with Gasteiger partial charge in [-0.05, 0) is 0 Å². The van der Waals surface area contributed by atoms with E-state index in [4.69, 9.17) is 0 Å². The number of alkyl halides is 20. The summed E-state index contributed by atoms with van der Waals surface area (Å²) in [7, 11) is 0. The van der Waals surface area contributed by atoms with Gasteiger partial charge in [0, 0.05) is 0 Å². The van der Waals surface area contributed by atoms with E-state index >= 15 is 0 Å². The Morgan fingerprint density at radius 1 is 0.267 bits per heavy atom. The molecule has 0 bridgehead atoms. The third kappa shape index (κ3) is 3.81. The first kappa shape index (κ1) is 31.8. The Hall–Kier alpha value is -0.400. The van der Waals surface area contributed by atoms with Gasteiger partial charge in [-0.15, -0.1) is 0 Å². The van der Waals surface area contributed by atoms with Gasteiger partial charge >= 0.3 is 83.4 Å². The first-order valence-corrected chi connectivity index (χ1v) is 5.78. The average molecular weight is 512 g/mol. The minimum Gasteiger partial charge on any atom is -1.00 e. The van der Waals surface area contributed by atoms with E-state index in [0.717, 1.165) is 0 Å². The minimum atomic E-state index is -9.11. The van der Waals surface area contributed by atoms with Crippen LogP contribution in [0.5, 0.6) is 0 Å². The summed E-state index contributed by atoms with van der Waals surface area (Å²) in [5.74, 6) is -44.4. The standard InChI is InChI=1S/C9F20.Na.H/c10-1(7(21,22)23,8(24,25)26)2(11,12)3(13,14)4(15,16)5(17,18)6(19,20)9(27,28)29;;/q;+1;-1. The SMILES string of the molecule is FC(F)(F)C(F)(F)C(F)(F)C(F)(F)C(F)(F)C(F)(F)C(F)(C(F)(F)F)C(F)(F)F.[H-].[Na+]. The van der Waals surface area contributed by atoms with Gasteiger partial charge < -0.3 is 1.43 Å². The van der Waals surface area contributed by atoms with Crippen LogP contribution in [0.25, 0.3) is 0 Å². The third-order valence-electron chi connectivity index (χ3n) is 3.15. The van der Waals surface area contributed by atoms with Crippen molar-refractivity contribution in [1.82, 2.24) is 0 Å². The molecule has 0 radical (unpaired) electrons. The van der Waals surface area contributed by atoms with Crippen LogP contribution in [0.1, 0.15) is 1.43 Å². The van der Waals surface area contributed by atoms with Gasteiger partial charge in [0.1, 0.15) is 0 Å². The maximum absolute atomic E-state index is 13.1. The van der Waals surface area contributed by atoms with E-state index in [9.17, 15) is 87.8 Å². The molecule has 0 nitrogen and oxygen atoms in total. The molecule has 0 heterocycles. The van der Waals surface area contributed by atoms with Crippen LogP contribution in [0.15, 0.2) is 0 Å². The first-order valence-electron chi connectivity index (χ1n) is 5.78. The molecule has 0 rings (SSSR count). The summed E-state index contributed by atoms with van der Waals surface area (Å²) in [5, 5.41) is 0. The fraction of sp³-hybridized carbons (Fsp3) is 1.00. The van der Waals surface area contributed by atoms with Crippen LogP contribution >= 0.6 is 0 Å². The number of halogens is 20. The first-order chi connectivity index (χ1) is 12.0. The van der Waals surface area contributed by atoms with Crippen molar-refractivity contribution in [3.8, 4) is 0 Å². The zero-order chi connectivity index (χ0) is 24.5. The molecule has 0 saturated carbocycles. The zero-order valence-corrected chi connectivity index (χ0v) is 15.1. The largest absolute Gasteiger partial charge is 1.00 e. The molecule has 0 aromatic rings. The summed E-state index contributed by atoms with van der Waals surface area (Å²) >= 11 is 0. The summed E-state index contributed by atoms with van der Waals surface area (Å²) in [6, 6.07) is 0. The molecule has 0 aromatic carbocycles. The summed E-state index contributed by atoms with van der Waals surface area (Å²) in [5.41, 5.74) is -8.79. The van der Waals surface area contributed by atoms with Gasteiger partial charge in [0.25, 0.3) is 0 Å². The molecule has 0 unspecified atom stereocenters. The monoisotopic (exact) mass is 512 g/mol. The second kappa shape index (κ2) is 7.58. The van der Waals surface area contributed by atoms with Gasteiger partial charge in [-0.25, -0.2) is 4.39 Å². The fourth-order valence-electron chi connectivity index (χ4n) is 1.50. The van der Waals surface area contributed by atoms with Crippen LogP contribution in [0.2, 0.25) is 0 Å². The van der Waals surface area contributed by atoms with E-state index < -0.39 is 53.8 Å². The van der Waals surface area contributed by atoms with Crippen LogP contribution in [-0.4, -0.2) is 53.8 Å². The van der Waals surface area contributed by atoms with Crippen LogP contribution in [0.4, 0.5) is 87.8 Å². The number of hydrogen-bond donors (Lipinski definition) is 0. The molecule has 0 fully saturated rings. The number of rotatable bonds is 5. The molecule has 30 heavy (non-hydrogen) atoms. The molecule has 0 amide bonds. The third-order valence-corrected chi connectivity index (χ3v) is 3.15. The smallest absolute Gasteiger partial charge is 1.00 e. The maximum atomic E-state index is 13.1. The van der Waals surface area contributed by atoms with Crippen LogP contribution in [0, 0.1) is 0 Å². The van der Waals surface area contributed by atoms with E-state index in [0.29, 0.717) is 0 Å². The Bertz CT molecular complexity index is 596. The molecular formula is C9HF20Na.